The first-order chi connectivity index (χ1) is 33.3. The van der Waals surface area contributed by atoms with Gasteiger partial charge in [-0.05, 0) is 95.7 Å². The molecule has 0 bridgehead atoms. The molecule has 0 unspecified atom stereocenters. The molecule has 0 amide bonds. The Morgan fingerprint density at radius 3 is 1.10 bits per heavy atom. The lowest BCUT2D eigenvalue weighted by Gasteiger charge is -2.19. The molecule has 0 aliphatic rings. The lowest BCUT2D eigenvalue weighted by Crippen LogP contribution is -1.92. The van der Waals surface area contributed by atoms with Gasteiger partial charge in [-0.1, -0.05) is 188 Å². The molecule has 0 fully saturated rings. The summed E-state index contributed by atoms with van der Waals surface area (Å²) in [5.74, 6) is 0. The molecule has 0 saturated heterocycles. The summed E-state index contributed by atoms with van der Waals surface area (Å²) < 4.78 is 15.9. The van der Waals surface area contributed by atoms with Crippen LogP contribution in [0.15, 0.2) is 227 Å². The Labute approximate surface area is 388 Å². The van der Waals surface area contributed by atoms with E-state index in [4.69, 9.17) is 8.83 Å². The van der Waals surface area contributed by atoms with Crippen LogP contribution in [0.1, 0.15) is 0 Å². The van der Waals surface area contributed by atoms with Crippen LogP contribution in [0.4, 0.5) is 0 Å². The minimum absolute atomic E-state index is 0.905. The molecule has 310 valence electrons. The summed E-state index contributed by atoms with van der Waals surface area (Å²) in [4.78, 5) is 0. The van der Waals surface area contributed by atoms with E-state index in [2.05, 4.69) is 206 Å². The number of hydrogen-bond donors (Lipinski definition) is 0. The maximum atomic E-state index is 6.70. The normalized spacial score (nSPS) is 12.2. The van der Waals surface area contributed by atoms with Gasteiger partial charge in [0.15, 0.2) is 0 Å². The summed E-state index contributed by atoms with van der Waals surface area (Å²) in [6.07, 6.45) is 0. The zero-order valence-corrected chi connectivity index (χ0v) is 36.8. The SMILES string of the molecule is c1ccc2c(c1)oc1c(-c3c4ccccc4c(-c4ccc5sc6cccc(-c7c8ccccc8c(-c8cccc9c8oc8ccccc89)c8ccccc78)c6c5c4)c4ccccc34)cccc12. The number of hydrogen-bond acceptors (Lipinski definition) is 3. The molecule has 2 nitrogen and oxygen atoms in total. The molecule has 3 aromatic heterocycles. The highest BCUT2D eigenvalue weighted by atomic mass is 32.1. The molecule has 67 heavy (non-hydrogen) atoms. The van der Waals surface area contributed by atoms with Crippen molar-refractivity contribution in [2.45, 2.75) is 0 Å². The van der Waals surface area contributed by atoms with Gasteiger partial charge in [0.05, 0.1) is 0 Å². The van der Waals surface area contributed by atoms with E-state index in [1.54, 1.807) is 0 Å². The molecule has 3 heterocycles. The maximum Gasteiger partial charge on any atom is 0.143 e. The van der Waals surface area contributed by atoms with E-state index in [0.29, 0.717) is 0 Å². The summed E-state index contributed by atoms with van der Waals surface area (Å²) in [5, 5.41) is 16.8. The van der Waals surface area contributed by atoms with Gasteiger partial charge in [-0.15, -0.1) is 11.3 Å². The molecular formula is C64H36O2S. The molecule has 0 spiro atoms. The number of rotatable bonds is 4. The molecule has 3 heteroatoms. The van der Waals surface area contributed by atoms with Crippen molar-refractivity contribution in [2.75, 3.05) is 0 Å². The van der Waals surface area contributed by atoms with Crippen LogP contribution >= 0.6 is 11.3 Å². The monoisotopic (exact) mass is 868 g/mol. The smallest absolute Gasteiger partial charge is 0.143 e. The van der Waals surface area contributed by atoms with Gasteiger partial charge in [-0.25, -0.2) is 0 Å². The van der Waals surface area contributed by atoms with Gasteiger partial charge in [0.2, 0.25) is 0 Å². The second-order valence-electron chi connectivity index (χ2n) is 17.7. The summed E-state index contributed by atoms with van der Waals surface area (Å²) in [6.45, 7) is 0. The number of furan rings is 2. The maximum absolute atomic E-state index is 6.70. The van der Waals surface area contributed by atoms with Crippen LogP contribution in [0.5, 0.6) is 0 Å². The van der Waals surface area contributed by atoms with Crippen LogP contribution < -0.4 is 0 Å². The summed E-state index contributed by atoms with van der Waals surface area (Å²) in [6, 6.07) is 79.7. The molecule has 0 aliphatic heterocycles. The molecule has 0 saturated carbocycles. The Morgan fingerprint density at radius 2 is 0.627 bits per heavy atom. The summed E-state index contributed by atoms with van der Waals surface area (Å²) >= 11 is 1.88. The lowest BCUT2D eigenvalue weighted by molar-refractivity contribution is 0.669. The zero-order chi connectivity index (χ0) is 43.7. The average molecular weight is 869 g/mol. The van der Waals surface area contributed by atoms with Crippen molar-refractivity contribution in [1.82, 2.24) is 0 Å². The third-order valence-electron chi connectivity index (χ3n) is 14.3. The van der Waals surface area contributed by atoms with E-state index in [1.165, 1.54) is 96.6 Å². The van der Waals surface area contributed by atoms with Crippen LogP contribution in [-0.4, -0.2) is 0 Å². The fraction of sp³-hybridized carbons (Fsp3) is 0. The number of para-hydroxylation sites is 4. The van der Waals surface area contributed by atoms with Crippen molar-refractivity contribution in [3.05, 3.63) is 218 Å². The standard InChI is InChI=1S/C64H36O2S/c1-3-20-42-40(18-1)58(41-19-2-4-21-43(41)60(42)51-29-13-26-48-38-16-9-11-31-54(38)65-63(48)51)37-34-35-56-53(36-37)62-50(28-15-33-57(62)67-56)59-44-22-5-7-24-46(44)61(47-25-8-6-23-45(47)59)52-30-14-27-49-39-17-10-12-32-55(39)66-64(49)52/h1-36H. The van der Waals surface area contributed by atoms with Crippen LogP contribution in [0.2, 0.25) is 0 Å². The van der Waals surface area contributed by atoms with Gasteiger partial charge in [-0.3, -0.25) is 0 Å². The van der Waals surface area contributed by atoms with Gasteiger partial charge in [0, 0.05) is 64.0 Å². The molecule has 12 aromatic carbocycles. The second kappa shape index (κ2) is 14.0. The Morgan fingerprint density at radius 1 is 0.254 bits per heavy atom. The molecular weight excluding hydrogens is 833 g/mol. The first-order valence-electron chi connectivity index (χ1n) is 22.9. The molecule has 0 aliphatic carbocycles. The average Bonchev–Trinajstić information content (AvgIpc) is 4.09. The molecule has 15 aromatic rings. The van der Waals surface area contributed by atoms with Gasteiger partial charge in [0.1, 0.15) is 22.3 Å². The Kier molecular flexibility index (Phi) is 7.69. The van der Waals surface area contributed by atoms with Gasteiger partial charge < -0.3 is 8.83 Å². The fourth-order valence-corrected chi connectivity index (χ4v) is 12.6. The lowest BCUT2D eigenvalue weighted by atomic mass is 9.84. The van der Waals surface area contributed by atoms with Gasteiger partial charge in [-0.2, -0.15) is 0 Å². The van der Waals surface area contributed by atoms with E-state index in [1.807, 2.05) is 23.5 Å². The largest absolute Gasteiger partial charge is 0.455 e. The van der Waals surface area contributed by atoms with E-state index in [9.17, 15) is 0 Å². The number of fused-ring (bicyclic) bond motifs is 13. The first-order valence-corrected chi connectivity index (χ1v) is 23.7. The topological polar surface area (TPSA) is 26.3 Å². The van der Waals surface area contributed by atoms with E-state index >= 15 is 0 Å². The molecule has 15 rings (SSSR count). The second-order valence-corrected chi connectivity index (χ2v) is 18.8. The summed E-state index contributed by atoms with van der Waals surface area (Å²) in [5.41, 5.74) is 13.2. The van der Waals surface area contributed by atoms with Crippen molar-refractivity contribution in [3.63, 3.8) is 0 Å². The first kappa shape index (κ1) is 36.8. The van der Waals surface area contributed by atoms with Crippen molar-refractivity contribution in [2.24, 2.45) is 0 Å². The van der Waals surface area contributed by atoms with Crippen molar-refractivity contribution in [1.29, 1.82) is 0 Å². The fourth-order valence-electron chi connectivity index (χ4n) is 11.5. The molecule has 0 radical (unpaired) electrons. The van der Waals surface area contributed by atoms with E-state index in [-0.39, 0.29) is 0 Å². The quantitative estimate of drug-likeness (QED) is 0.165. The molecule has 0 atom stereocenters. The third kappa shape index (κ3) is 5.20. The molecule has 0 N–H and O–H groups in total. The zero-order valence-electron chi connectivity index (χ0n) is 36.0. The van der Waals surface area contributed by atoms with E-state index < -0.39 is 0 Å². The van der Waals surface area contributed by atoms with E-state index in [0.717, 1.165) is 55.0 Å². The number of benzene rings is 12. The Balaban J connectivity index is 0.992. The van der Waals surface area contributed by atoms with Crippen molar-refractivity contribution < 1.29 is 8.83 Å². The van der Waals surface area contributed by atoms with Gasteiger partial charge in [0.25, 0.3) is 0 Å². The number of thiophene rings is 1. The predicted molar refractivity (Wildman–Crippen MR) is 286 cm³/mol. The highest BCUT2D eigenvalue weighted by molar-refractivity contribution is 7.26. The third-order valence-corrected chi connectivity index (χ3v) is 15.4. The Hall–Kier alpha value is -8.50. The Bertz CT molecular complexity index is 4470. The highest BCUT2D eigenvalue weighted by Gasteiger charge is 2.24. The predicted octanol–water partition coefficient (Wildman–Crippen LogP) is 19.1. The minimum atomic E-state index is 0.905. The van der Waals surface area contributed by atoms with Crippen molar-refractivity contribution in [3.8, 4) is 44.5 Å². The highest BCUT2D eigenvalue weighted by Crippen LogP contribution is 2.51. The van der Waals surface area contributed by atoms with Crippen LogP contribution in [0, 0.1) is 0 Å². The van der Waals surface area contributed by atoms with Crippen LogP contribution in [0.25, 0.3) is 152 Å². The minimum Gasteiger partial charge on any atom is -0.455 e. The van der Waals surface area contributed by atoms with Crippen molar-refractivity contribution >= 4 is 118 Å². The summed E-state index contributed by atoms with van der Waals surface area (Å²) in [7, 11) is 0. The van der Waals surface area contributed by atoms with Gasteiger partial charge >= 0.3 is 0 Å². The van der Waals surface area contributed by atoms with Crippen LogP contribution in [0.3, 0.4) is 0 Å². The van der Waals surface area contributed by atoms with Crippen LogP contribution in [-0.2, 0) is 0 Å².